The summed E-state index contributed by atoms with van der Waals surface area (Å²) < 4.78 is 10.2. The summed E-state index contributed by atoms with van der Waals surface area (Å²) in [6.07, 6.45) is 4.30. The van der Waals surface area contributed by atoms with Crippen LogP contribution in [0.2, 0.25) is 0 Å². The predicted octanol–water partition coefficient (Wildman–Crippen LogP) is 2.26. The van der Waals surface area contributed by atoms with Gasteiger partial charge in [-0.1, -0.05) is 13.8 Å². The predicted molar refractivity (Wildman–Crippen MR) is 91.9 cm³/mol. The molecule has 0 aliphatic heterocycles. The van der Waals surface area contributed by atoms with Crippen LogP contribution < -0.4 is 10.6 Å². The zero-order chi connectivity index (χ0) is 19.1. The highest BCUT2D eigenvalue weighted by atomic mass is 16.4. The number of hydrogen-bond donors (Lipinski definition) is 3. The first-order valence-corrected chi connectivity index (χ1v) is 8.00. The zero-order valence-corrected chi connectivity index (χ0v) is 14.4. The molecule has 2 rings (SSSR count). The molecule has 3 N–H and O–H groups in total. The number of carboxylic acids is 1. The van der Waals surface area contributed by atoms with E-state index in [0.29, 0.717) is 5.76 Å². The van der Waals surface area contributed by atoms with E-state index < -0.39 is 23.8 Å². The van der Waals surface area contributed by atoms with Crippen LogP contribution >= 0.6 is 0 Å². The van der Waals surface area contributed by atoms with Crippen molar-refractivity contribution in [1.82, 2.24) is 10.6 Å². The topological polar surface area (TPSA) is 122 Å². The maximum absolute atomic E-state index is 12.5. The van der Waals surface area contributed by atoms with Gasteiger partial charge in [-0.2, -0.15) is 0 Å². The molecular formula is C18H20N2O6. The second-order valence-electron chi connectivity index (χ2n) is 6.00. The maximum Gasteiger partial charge on any atom is 0.326 e. The third kappa shape index (κ3) is 5.37. The van der Waals surface area contributed by atoms with Crippen LogP contribution in [0.15, 0.2) is 51.3 Å². The van der Waals surface area contributed by atoms with Gasteiger partial charge in [0.2, 0.25) is 0 Å². The van der Waals surface area contributed by atoms with Gasteiger partial charge in [-0.05, 0) is 36.6 Å². The van der Waals surface area contributed by atoms with Crippen molar-refractivity contribution in [3.8, 4) is 0 Å². The van der Waals surface area contributed by atoms with Gasteiger partial charge >= 0.3 is 5.97 Å². The largest absolute Gasteiger partial charge is 0.480 e. The number of hydrogen-bond acceptors (Lipinski definition) is 5. The molecule has 0 fully saturated rings. The Kier molecular flexibility index (Phi) is 6.37. The number of aliphatic carboxylic acids is 1. The van der Waals surface area contributed by atoms with Crippen molar-refractivity contribution < 1.29 is 28.3 Å². The van der Waals surface area contributed by atoms with Crippen LogP contribution in [0.4, 0.5) is 0 Å². The molecular weight excluding hydrogens is 340 g/mol. The lowest BCUT2D eigenvalue weighted by Crippen LogP contribution is -2.44. The fourth-order valence-electron chi connectivity index (χ4n) is 2.19. The van der Waals surface area contributed by atoms with Gasteiger partial charge in [0, 0.05) is 6.08 Å². The number of carbonyl (C=O) groups is 3. The minimum Gasteiger partial charge on any atom is -0.480 e. The molecule has 2 aromatic rings. The van der Waals surface area contributed by atoms with Crippen molar-refractivity contribution >= 4 is 23.9 Å². The van der Waals surface area contributed by atoms with Crippen LogP contribution in [0, 0.1) is 5.92 Å². The molecule has 0 aromatic carbocycles. The fraction of sp³-hybridized carbons (Fsp3) is 0.278. The molecule has 2 heterocycles. The maximum atomic E-state index is 12.5. The van der Waals surface area contributed by atoms with Gasteiger partial charge in [0.15, 0.2) is 5.76 Å². The van der Waals surface area contributed by atoms with E-state index in [9.17, 15) is 19.5 Å². The molecule has 0 saturated carbocycles. The van der Waals surface area contributed by atoms with E-state index in [-0.39, 0.29) is 23.8 Å². The average Bonchev–Trinajstić information content (AvgIpc) is 3.26. The Morgan fingerprint density at radius 1 is 1.15 bits per heavy atom. The Hall–Kier alpha value is -3.29. The molecule has 0 bridgehead atoms. The Labute approximate surface area is 149 Å². The van der Waals surface area contributed by atoms with Gasteiger partial charge in [0.25, 0.3) is 11.8 Å². The van der Waals surface area contributed by atoms with Crippen LogP contribution in [-0.2, 0) is 9.59 Å². The van der Waals surface area contributed by atoms with E-state index >= 15 is 0 Å². The highest BCUT2D eigenvalue weighted by molar-refractivity contribution is 6.05. The van der Waals surface area contributed by atoms with Crippen molar-refractivity contribution in [3.63, 3.8) is 0 Å². The number of rotatable bonds is 8. The molecule has 8 heteroatoms. The molecule has 0 unspecified atom stereocenters. The SMILES string of the molecule is CC(C)C[C@H](NC(=O)/C(=C/c1ccco1)NC(=O)c1ccco1)C(=O)O. The van der Waals surface area contributed by atoms with E-state index in [1.807, 2.05) is 13.8 Å². The number of furan rings is 2. The lowest BCUT2D eigenvalue weighted by atomic mass is 10.0. The van der Waals surface area contributed by atoms with Crippen molar-refractivity contribution in [1.29, 1.82) is 0 Å². The summed E-state index contributed by atoms with van der Waals surface area (Å²) in [6.45, 7) is 3.70. The van der Waals surface area contributed by atoms with Crippen molar-refractivity contribution in [2.45, 2.75) is 26.3 Å². The minimum atomic E-state index is -1.15. The molecule has 0 saturated heterocycles. The average molecular weight is 360 g/mol. The van der Waals surface area contributed by atoms with Crippen LogP contribution in [0.3, 0.4) is 0 Å². The van der Waals surface area contributed by atoms with E-state index in [2.05, 4.69) is 10.6 Å². The third-order valence-corrected chi connectivity index (χ3v) is 3.38. The van der Waals surface area contributed by atoms with E-state index in [0.717, 1.165) is 0 Å². The summed E-state index contributed by atoms with van der Waals surface area (Å²) >= 11 is 0. The highest BCUT2D eigenvalue weighted by Crippen LogP contribution is 2.10. The Morgan fingerprint density at radius 3 is 2.38 bits per heavy atom. The Morgan fingerprint density at radius 2 is 1.85 bits per heavy atom. The van der Waals surface area contributed by atoms with Crippen molar-refractivity contribution in [3.05, 3.63) is 54.0 Å². The second-order valence-corrected chi connectivity index (χ2v) is 6.00. The number of carboxylic acid groups (broad SMARTS) is 1. The number of nitrogens with one attached hydrogen (secondary N) is 2. The van der Waals surface area contributed by atoms with Gasteiger partial charge in [0.1, 0.15) is 17.5 Å². The molecule has 0 radical (unpaired) electrons. The Bertz CT molecular complexity index is 775. The molecule has 1 atom stereocenters. The van der Waals surface area contributed by atoms with E-state index in [4.69, 9.17) is 8.83 Å². The quantitative estimate of drug-likeness (QED) is 0.621. The summed E-state index contributed by atoms with van der Waals surface area (Å²) in [6, 6.07) is 5.11. The molecule has 0 aliphatic carbocycles. The van der Waals surface area contributed by atoms with Crippen LogP contribution in [0.5, 0.6) is 0 Å². The van der Waals surface area contributed by atoms with Crippen LogP contribution in [-0.4, -0.2) is 28.9 Å². The van der Waals surface area contributed by atoms with Gasteiger partial charge < -0.3 is 24.6 Å². The van der Waals surface area contributed by atoms with Gasteiger partial charge in [-0.25, -0.2) is 4.79 Å². The summed E-state index contributed by atoms with van der Waals surface area (Å²) in [7, 11) is 0. The van der Waals surface area contributed by atoms with Gasteiger partial charge in [0.05, 0.1) is 12.5 Å². The standard InChI is InChI=1S/C18H20N2O6/c1-11(2)9-14(18(23)24)20-16(21)13(10-12-5-3-7-25-12)19-17(22)15-6-4-8-26-15/h3-8,10-11,14H,9H2,1-2H3,(H,19,22)(H,20,21)(H,23,24)/b13-10-/t14-/m0/s1. The number of carbonyl (C=O) groups excluding carboxylic acids is 2. The summed E-state index contributed by atoms with van der Waals surface area (Å²) in [5.74, 6) is -2.13. The fourth-order valence-corrected chi connectivity index (χ4v) is 2.19. The summed E-state index contributed by atoms with van der Waals surface area (Å²) in [4.78, 5) is 36.1. The smallest absolute Gasteiger partial charge is 0.326 e. The highest BCUT2D eigenvalue weighted by Gasteiger charge is 2.24. The van der Waals surface area contributed by atoms with Gasteiger partial charge in [-0.3, -0.25) is 9.59 Å². The van der Waals surface area contributed by atoms with Gasteiger partial charge in [-0.15, -0.1) is 0 Å². The summed E-state index contributed by atoms with van der Waals surface area (Å²) in [5.41, 5.74) is -0.156. The second kappa shape index (κ2) is 8.70. The minimum absolute atomic E-state index is 0.0140. The molecule has 8 nitrogen and oxygen atoms in total. The van der Waals surface area contributed by atoms with Crippen LogP contribution in [0.1, 0.15) is 36.6 Å². The monoisotopic (exact) mass is 360 g/mol. The van der Waals surface area contributed by atoms with Crippen molar-refractivity contribution in [2.75, 3.05) is 0 Å². The van der Waals surface area contributed by atoms with Crippen LogP contribution in [0.25, 0.3) is 6.08 Å². The molecule has 2 aromatic heterocycles. The van der Waals surface area contributed by atoms with E-state index in [1.165, 1.54) is 30.7 Å². The molecule has 2 amide bonds. The summed E-state index contributed by atoms with van der Waals surface area (Å²) in [5, 5.41) is 14.1. The molecule has 138 valence electrons. The normalized spacial score (nSPS) is 12.7. The molecule has 26 heavy (non-hydrogen) atoms. The first-order chi connectivity index (χ1) is 12.4. The molecule has 0 spiro atoms. The first-order valence-electron chi connectivity index (χ1n) is 8.00. The third-order valence-electron chi connectivity index (χ3n) is 3.38. The Balaban J connectivity index is 2.21. The lowest BCUT2D eigenvalue weighted by molar-refractivity contribution is -0.141. The number of amides is 2. The lowest BCUT2D eigenvalue weighted by Gasteiger charge is -2.17. The van der Waals surface area contributed by atoms with E-state index in [1.54, 1.807) is 12.1 Å². The molecule has 0 aliphatic rings. The van der Waals surface area contributed by atoms with Crippen molar-refractivity contribution in [2.24, 2.45) is 5.92 Å². The zero-order valence-electron chi connectivity index (χ0n) is 14.4. The first kappa shape index (κ1) is 19.0.